The molecule has 2 fully saturated rings. The Bertz CT molecular complexity index is 231. The molecule has 2 aliphatic carbocycles. The van der Waals surface area contributed by atoms with Crippen molar-refractivity contribution in [2.45, 2.75) is 51.2 Å². The van der Waals surface area contributed by atoms with E-state index >= 15 is 0 Å². The second kappa shape index (κ2) is 4.55. The molecule has 0 amide bonds. The lowest BCUT2D eigenvalue weighted by molar-refractivity contribution is -0.182. The van der Waals surface area contributed by atoms with E-state index in [0.717, 1.165) is 18.4 Å². The SMILES string of the molecule is CC1CC1CNC1CCC(C(F)(F)F)CC1. The second-order valence-corrected chi connectivity index (χ2v) is 5.47. The van der Waals surface area contributed by atoms with Crippen LogP contribution in [0.1, 0.15) is 39.0 Å². The summed E-state index contributed by atoms with van der Waals surface area (Å²) in [5, 5.41) is 3.42. The van der Waals surface area contributed by atoms with Gasteiger partial charge in [0.15, 0.2) is 0 Å². The summed E-state index contributed by atoms with van der Waals surface area (Å²) < 4.78 is 37.3. The van der Waals surface area contributed by atoms with E-state index in [-0.39, 0.29) is 0 Å². The smallest absolute Gasteiger partial charge is 0.314 e. The predicted molar refractivity (Wildman–Crippen MR) is 57.1 cm³/mol. The van der Waals surface area contributed by atoms with Gasteiger partial charge in [-0.2, -0.15) is 13.2 Å². The van der Waals surface area contributed by atoms with Crippen LogP contribution < -0.4 is 5.32 Å². The molecule has 2 aliphatic rings. The van der Waals surface area contributed by atoms with Gasteiger partial charge in [-0.05, 0) is 50.5 Å². The van der Waals surface area contributed by atoms with E-state index in [9.17, 15) is 13.2 Å². The van der Waals surface area contributed by atoms with Crippen LogP contribution in [0, 0.1) is 17.8 Å². The summed E-state index contributed by atoms with van der Waals surface area (Å²) in [6, 6.07) is 0.325. The maximum Gasteiger partial charge on any atom is 0.391 e. The summed E-state index contributed by atoms with van der Waals surface area (Å²) >= 11 is 0. The van der Waals surface area contributed by atoms with Crippen molar-refractivity contribution in [3.8, 4) is 0 Å². The lowest BCUT2D eigenvalue weighted by Gasteiger charge is -2.30. The zero-order valence-electron chi connectivity index (χ0n) is 9.69. The van der Waals surface area contributed by atoms with Gasteiger partial charge in [0.2, 0.25) is 0 Å². The maximum atomic E-state index is 12.4. The molecule has 0 saturated heterocycles. The Morgan fingerprint density at radius 2 is 1.69 bits per heavy atom. The van der Waals surface area contributed by atoms with Gasteiger partial charge >= 0.3 is 6.18 Å². The third-order valence-corrected chi connectivity index (χ3v) is 4.13. The molecule has 16 heavy (non-hydrogen) atoms. The molecule has 0 aromatic heterocycles. The molecule has 4 heteroatoms. The summed E-state index contributed by atoms with van der Waals surface area (Å²) in [6.07, 6.45) is -0.708. The Morgan fingerprint density at radius 1 is 1.12 bits per heavy atom. The summed E-state index contributed by atoms with van der Waals surface area (Å²) in [4.78, 5) is 0. The van der Waals surface area contributed by atoms with E-state index in [1.807, 2.05) is 0 Å². The fraction of sp³-hybridized carbons (Fsp3) is 1.00. The lowest BCUT2D eigenvalue weighted by Crippen LogP contribution is -2.37. The topological polar surface area (TPSA) is 12.0 Å². The highest BCUT2D eigenvalue weighted by Gasteiger charge is 2.41. The van der Waals surface area contributed by atoms with Crippen LogP contribution in [0.2, 0.25) is 0 Å². The number of alkyl halides is 3. The van der Waals surface area contributed by atoms with Crippen molar-refractivity contribution >= 4 is 0 Å². The van der Waals surface area contributed by atoms with Gasteiger partial charge in [0, 0.05) is 6.04 Å². The van der Waals surface area contributed by atoms with Gasteiger partial charge in [0.25, 0.3) is 0 Å². The van der Waals surface area contributed by atoms with E-state index in [1.165, 1.54) is 6.42 Å². The van der Waals surface area contributed by atoms with Crippen molar-refractivity contribution in [3.63, 3.8) is 0 Å². The van der Waals surface area contributed by atoms with Gasteiger partial charge in [-0.1, -0.05) is 6.92 Å². The Labute approximate surface area is 94.8 Å². The zero-order chi connectivity index (χ0) is 11.8. The van der Waals surface area contributed by atoms with Crippen LogP contribution >= 0.6 is 0 Å². The highest BCUT2D eigenvalue weighted by Crippen LogP contribution is 2.39. The number of hydrogen-bond acceptors (Lipinski definition) is 1. The standard InChI is InChI=1S/C12H20F3N/c1-8-6-9(8)7-16-11-4-2-10(3-5-11)12(13,14)15/h8-11,16H,2-7H2,1H3. The first-order valence-corrected chi connectivity index (χ1v) is 6.27. The zero-order valence-corrected chi connectivity index (χ0v) is 9.69. The van der Waals surface area contributed by atoms with Crippen LogP contribution in [0.15, 0.2) is 0 Å². The molecule has 2 unspecified atom stereocenters. The van der Waals surface area contributed by atoms with E-state index in [2.05, 4.69) is 12.2 Å². The van der Waals surface area contributed by atoms with E-state index in [0.29, 0.717) is 31.7 Å². The minimum absolute atomic E-state index is 0.307. The molecule has 0 aromatic rings. The molecule has 2 atom stereocenters. The summed E-state index contributed by atoms with van der Waals surface area (Å²) in [5.41, 5.74) is 0. The normalized spacial score (nSPS) is 39.8. The molecule has 1 N–H and O–H groups in total. The first-order valence-electron chi connectivity index (χ1n) is 6.27. The largest absolute Gasteiger partial charge is 0.391 e. The fourth-order valence-electron chi connectivity index (χ4n) is 2.63. The maximum absolute atomic E-state index is 12.4. The van der Waals surface area contributed by atoms with E-state index in [4.69, 9.17) is 0 Å². The minimum Gasteiger partial charge on any atom is -0.314 e. The van der Waals surface area contributed by atoms with Gasteiger partial charge in [0.05, 0.1) is 5.92 Å². The molecule has 0 bridgehead atoms. The monoisotopic (exact) mass is 235 g/mol. The molecule has 0 aromatic carbocycles. The number of halogens is 3. The van der Waals surface area contributed by atoms with Gasteiger partial charge in [0.1, 0.15) is 0 Å². The van der Waals surface area contributed by atoms with Crippen molar-refractivity contribution < 1.29 is 13.2 Å². The van der Waals surface area contributed by atoms with Crippen LogP contribution in [-0.2, 0) is 0 Å². The highest BCUT2D eigenvalue weighted by atomic mass is 19.4. The first-order chi connectivity index (χ1) is 7.47. The molecule has 0 spiro atoms. The van der Waals surface area contributed by atoms with Crippen molar-refractivity contribution in [2.75, 3.05) is 6.54 Å². The van der Waals surface area contributed by atoms with Crippen LogP contribution in [0.5, 0.6) is 0 Å². The number of hydrogen-bond donors (Lipinski definition) is 1. The quantitative estimate of drug-likeness (QED) is 0.791. The van der Waals surface area contributed by atoms with E-state index < -0.39 is 12.1 Å². The molecule has 2 saturated carbocycles. The molecule has 1 nitrogen and oxygen atoms in total. The van der Waals surface area contributed by atoms with Gasteiger partial charge in [-0.25, -0.2) is 0 Å². The minimum atomic E-state index is -3.98. The fourth-order valence-corrected chi connectivity index (χ4v) is 2.63. The van der Waals surface area contributed by atoms with Crippen molar-refractivity contribution in [2.24, 2.45) is 17.8 Å². The molecule has 0 heterocycles. The Kier molecular flexibility index (Phi) is 3.48. The van der Waals surface area contributed by atoms with Crippen molar-refractivity contribution in [3.05, 3.63) is 0 Å². The molecular weight excluding hydrogens is 215 g/mol. The molecule has 94 valence electrons. The Balaban J connectivity index is 1.65. The van der Waals surface area contributed by atoms with Gasteiger partial charge < -0.3 is 5.32 Å². The van der Waals surface area contributed by atoms with Crippen LogP contribution in [0.4, 0.5) is 13.2 Å². The molecule has 0 radical (unpaired) electrons. The first kappa shape index (κ1) is 12.2. The van der Waals surface area contributed by atoms with Crippen molar-refractivity contribution in [1.29, 1.82) is 0 Å². The van der Waals surface area contributed by atoms with Crippen LogP contribution in [0.25, 0.3) is 0 Å². The predicted octanol–water partition coefficient (Wildman–Crippen LogP) is 3.35. The Morgan fingerprint density at radius 3 is 2.12 bits per heavy atom. The summed E-state index contributed by atoms with van der Waals surface area (Å²) in [7, 11) is 0. The van der Waals surface area contributed by atoms with Crippen LogP contribution in [-0.4, -0.2) is 18.8 Å². The third-order valence-electron chi connectivity index (χ3n) is 4.13. The van der Waals surface area contributed by atoms with Gasteiger partial charge in [-0.15, -0.1) is 0 Å². The number of rotatable bonds is 3. The second-order valence-electron chi connectivity index (χ2n) is 5.47. The molecule has 2 rings (SSSR count). The third kappa shape index (κ3) is 3.12. The number of nitrogens with one attached hydrogen (secondary N) is 1. The van der Waals surface area contributed by atoms with Gasteiger partial charge in [-0.3, -0.25) is 0 Å². The van der Waals surface area contributed by atoms with Crippen LogP contribution in [0.3, 0.4) is 0 Å². The highest BCUT2D eigenvalue weighted by molar-refractivity contribution is 4.87. The summed E-state index contributed by atoms with van der Waals surface area (Å²) in [6.45, 7) is 3.23. The Hall–Kier alpha value is -0.250. The molecular formula is C12H20F3N. The average Bonchev–Trinajstić information content (AvgIpc) is 2.91. The van der Waals surface area contributed by atoms with E-state index in [1.54, 1.807) is 0 Å². The lowest BCUT2D eigenvalue weighted by atomic mass is 9.85. The average molecular weight is 235 g/mol. The summed E-state index contributed by atoms with van der Waals surface area (Å²) in [5.74, 6) is 0.546. The van der Waals surface area contributed by atoms with Crippen molar-refractivity contribution in [1.82, 2.24) is 5.32 Å². The molecule has 0 aliphatic heterocycles.